The van der Waals surface area contributed by atoms with Gasteiger partial charge < -0.3 is 5.11 Å². The van der Waals surface area contributed by atoms with Crippen LogP contribution in [0.25, 0.3) is 0 Å². The summed E-state index contributed by atoms with van der Waals surface area (Å²) in [7, 11) is 0. The number of aliphatic hydroxyl groups excluding tert-OH is 1. The van der Waals surface area contributed by atoms with E-state index in [-0.39, 0.29) is 18.2 Å². The Labute approximate surface area is 101 Å². The lowest BCUT2D eigenvalue weighted by atomic mass is 9.94. The van der Waals surface area contributed by atoms with E-state index in [4.69, 9.17) is 11.6 Å². The van der Waals surface area contributed by atoms with E-state index >= 15 is 0 Å². The van der Waals surface area contributed by atoms with Gasteiger partial charge in [-0.2, -0.15) is 0 Å². The van der Waals surface area contributed by atoms with Crippen molar-refractivity contribution in [3.05, 3.63) is 34.6 Å². The summed E-state index contributed by atoms with van der Waals surface area (Å²) in [6.07, 6.45) is 1.71. The maximum Gasteiger partial charge on any atom is 0.127 e. The largest absolute Gasteiger partial charge is 0.393 e. The second-order valence-corrected chi connectivity index (χ2v) is 4.64. The van der Waals surface area contributed by atoms with Crippen molar-refractivity contribution >= 4 is 11.6 Å². The molecule has 0 spiro atoms. The summed E-state index contributed by atoms with van der Waals surface area (Å²) in [6, 6.07) is 4.60. The fraction of sp³-hybridized carbons (Fsp3) is 0.538. The van der Waals surface area contributed by atoms with E-state index < -0.39 is 6.10 Å². The molecule has 0 bridgehead atoms. The normalized spacial score (nSPS) is 14.8. The Bertz CT molecular complexity index is 320. The molecule has 1 rings (SSSR count). The van der Waals surface area contributed by atoms with Gasteiger partial charge in [0.1, 0.15) is 5.82 Å². The minimum Gasteiger partial charge on any atom is -0.393 e. The molecule has 0 aliphatic heterocycles. The zero-order valence-electron chi connectivity index (χ0n) is 9.71. The number of halogens is 2. The van der Waals surface area contributed by atoms with Crippen molar-refractivity contribution in [3.63, 3.8) is 0 Å². The van der Waals surface area contributed by atoms with Gasteiger partial charge in [-0.1, -0.05) is 37.9 Å². The predicted octanol–water partition coefficient (Wildman–Crippen LogP) is 3.82. The van der Waals surface area contributed by atoms with Crippen molar-refractivity contribution in [2.45, 2.75) is 39.2 Å². The molecule has 1 N–H and O–H groups in total. The average Bonchev–Trinajstić information content (AvgIpc) is 2.23. The first-order valence-corrected chi connectivity index (χ1v) is 6.05. The van der Waals surface area contributed by atoms with Gasteiger partial charge in [0, 0.05) is 17.0 Å². The highest BCUT2D eigenvalue weighted by Crippen LogP contribution is 2.23. The maximum absolute atomic E-state index is 13.5. The number of benzene rings is 1. The summed E-state index contributed by atoms with van der Waals surface area (Å²) in [5.41, 5.74) is 0.416. The number of rotatable bonds is 5. The number of aliphatic hydroxyl groups is 1. The predicted molar refractivity (Wildman–Crippen MR) is 65.2 cm³/mol. The molecule has 90 valence electrons. The fourth-order valence-electron chi connectivity index (χ4n) is 1.79. The standard InChI is InChI=1S/C13H18ClFO/c1-3-5-9(2)13(16)8-10-11(14)6-4-7-12(10)15/h4,6-7,9,13,16H,3,5,8H2,1-2H3. The second-order valence-electron chi connectivity index (χ2n) is 4.24. The topological polar surface area (TPSA) is 20.2 Å². The molecule has 0 aliphatic rings. The van der Waals surface area contributed by atoms with E-state index in [1.807, 2.05) is 6.92 Å². The molecule has 0 heterocycles. The number of hydrogen-bond donors (Lipinski definition) is 1. The molecule has 0 aromatic heterocycles. The highest BCUT2D eigenvalue weighted by atomic mass is 35.5. The van der Waals surface area contributed by atoms with Crippen LogP contribution in [-0.2, 0) is 6.42 Å². The molecule has 1 aromatic carbocycles. The summed E-state index contributed by atoms with van der Waals surface area (Å²) in [6.45, 7) is 4.04. The zero-order valence-corrected chi connectivity index (χ0v) is 10.5. The zero-order chi connectivity index (χ0) is 12.1. The van der Waals surface area contributed by atoms with Crippen LogP contribution in [0.1, 0.15) is 32.3 Å². The summed E-state index contributed by atoms with van der Waals surface area (Å²) in [5.74, 6) is -0.170. The molecule has 0 fully saturated rings. The van der Waals surface area contributed by atoms with E-state index in [0.717, 1.165) is 12.8 Å². The molecule has 1 nitrogen and oxygen atoms in total. The van der Waals surface area contributed by atoms with Crippen LogP contribution in [0.5, 0.6) is 0 Å². The third kappa shape index (κ3) is 3.46. The van der Waals surface area contributed by atoms with Crippen LogP contribution in [0.3, 0.4) is 0 Å². The third-order valence-corrected chi connectivity index (χ3v) is 3.23. The Morgan fingerprint density at radius 1 is 1.44 bits per heavy atom. The molecular formula is C13H18ClFO. The average molecular weight is 245 g/mol. The van der Waals surface area contributed by atoms with E-state index in [2.05, 4.69) is 6.92 Å². The van der Waals surface area contributed by atoms with Crippen molar-refractivity contribution in [3.8, 4) is 0 Å². The van der Waals surface area contributed by atoms with Crippen molar-refractivity contribution in [1.29, 1.82) is 0 Å². The second kappa shape index (κ2) is 6.21. The first-order chi connectivity index (χ1) is 7.56. The molecule has 16 heavy (non-hydrogen) atoms. The van der Waals surface area contributed by atoms with Gasteiger partial charge in [-0.3, -0.25) is 0 Å². The first kappa shape index (κ1) is 13.5. The molecule has 0 saturated carbocycles. The summed E-state index contributed by atoms with van der Waals surface area (Å²) >= 11 is 5.90. The Kier molecular flexibility index (Phi) is 5.23. The Morgan fingerprint density at radius 2 is 2.12 bits per heavy atom. The van der Waals surface area contributed by atoms with E-state index in [1.165, 1.54) is 6.07 Å². The minimum absolute atomic E-state index is 0.167. The van der Waals surface area contributed by atoms with Gasteiger partial charge >= 0.3 is 0 Å². The lowest BCUT2D eigenvalue weighted by Gasteiger charge is -2.19. The Morgan fingerprint density at radius 3 is 2.69 bits per heavy atom. The molecular weight excluding hydrogens is 227 g/mol. The maximum atomic E-state index is 13.5. The van der Waals surface area contributed by atoms with E-state index in [9.17, 15) is 9.50 Å². The van der Waals surface area contributed by atoms with Gasteiger partial charge in [0.15, 0.2) is 0 Å². The van der Waals surface area contributed by atoms with Gasteiger partial charge in [-0.15, -0.1) is 0 Å². The smallest absolute Gasteiger partial charge is 0.127 e. The molecule has 2 atom stereocenters. The van der Waals surface area contributed by atoms with Gasteiger partial charge in [0.25, 0.3) is 0 Å². The van der Waals surface area contributed by atoms with Crippen molar-refractivity contribution in [1.82, 2.24) is 0 Å². The molecule has 3 heteroatoms. The summed E-state index contributed by atoms with van der Waals surface area (Å²) in [5, 5.41) is 10.3. The van der Waals surface area contributed by atoms with Gasteiger partial charge in [0.2, 0.25) is 0 Å². The van der Waals surface area contributed by atoms with Gasteiger partial charge in [-0.25, -0.2) is 4.39 Å². The quantitative estimate of drug-likeness (QED) is 0.835. The van der Waals surface area contributed by atoms with Crippen LogP contribution in [0, 0.1) is 11.7 Å². The molecule has 1 aromatic rings. The van der Waals surface area contributed by atoms with Crippen LogP contribution in [-0.4, -0.2) is 11.2 Å². The van der Waals surface area contributed by atoms with E-state index in [1.54, 1.807) is 12.1 Å². The Hall–Kier alpha value is -0.600. The van der Waals surface area contributed by atoms with Crippen LogP contribution in [0.2, 0.25) is 5.02 Å². The molecule has 0 saturated heterocycles. The van der Waals surface area contributed by atoms with Crippen LogP contribution in [0.4, 0.5) is 4.39 Å². The molecule has 0 aliphatic carbocycles. The fourth-order valence-corrected chi connectivity index (χ4v) is 2.03. The summed E-state index contributed by atoms with van der Waals surface area (Å²) in [4.78, 5) is 0. The lowest BCUT2D eigenvalue weighted by molar-refractivity contribution is 0.111. The van der Waals surface area contributed by atoms with Gasteiger partial charge in [0.05, 0.1) is 6.10 Å². The van der Waals surface area contributed by atoms with Gasteiger partial charge in [-0.05, 0) is 24.5 Å². The van der Waals surface area contributed by atoms with Crippen LogP contribution >= 0.6 is 11.6 Å². The van der Waals surface area contributed by atoms with Crippen molar-refractivity contribution in [2.75, 3.05) is 0 Å². The summed E-state index contributed by atoms with van der Waals surface area (Å²) < 4.78 is 13.5. The first-order valence-electron chi connectivity index (χ1n) is 5.67. The highest BCUT2D eigenvalue weighted by molar-refractivity contribution is 6.31. The SMILES string of the molecule is CCCC(C)C(O)Cc1c(F)cccc1Cl. The molecule has 0 radical (unpaired) electrons. The third-order valence-electron chi connectivity index (χ3n) is 2.88. The Balaban J connectivity index is 2.72. The van der Waals surface area contributed by atoms with Crippen LogP contribution in [0.15, 0.2) is 18.2 Å². The van der Waals surface area contributed by atoms with Crippen molar-refractivity contribution < 1.29 is 9.50 Å². The molecule has 0 amide bonds. The molecule has 2 unspecified atom stereocenters. The lowest BCUT2D eigenvalue weighted by Crippen LogP contribution is -2.21. The minimum atomic E-state index is -0.533. The van der Waals surface area contributed by atoms with E-state index in [0.29, 0.717) is 10.6 Å². The highest BCUT2D eigenvalue weighted by Gasteiger charge is 2.17. The van der Waals surface area contributed by atoms with Crippen molar-refractivity contribution in [2.24, 2.45) is 5.92 Å². The number of hydrogen-bond acceptors (Lipinski definition) is 1. The monoisotopic (exact) mass is 244 g/mol. The van der Waals surface area contributed by atoms with Crippen LogP contribution < -0.4 is 0 Å².